The topological polar surface area (TPSA) is 55.2 Å². The molecule has 0 aliphatic rings. The van der Waals surface area contributed by atoms with E-state index in [4.69, 9.17) is 0 Å². The van der Waals surface area contributed by atoms with Crippen LogP contribution in [0.2, 0.25) is 0 Å². The summed E-state index contributed by atoms with van der Waals surface area (Å²) in [6, 6.07) is 10.3. The van der Waals surface area contributed by atoms with E-state index < -0.39 is 15.1 Å². The molecule has 0 aliphatic carbocycles. The molecule has 0 atom stereocenters. The SMILES string of the molecule is CC(C)CCn1c(CN(C)Cc2ccccc2)cnc1S(=O)(=O)C(C)C. The van der Waals surface area contributed by atoms with Gasteiger partial charge in [0.15, 0.2) is 0 Å². The summed E-state index contributed by atoms with van der Waals surface area (Å²) in [4.78, 5) is 6.48. The minimum absolute atomic E-state index is 0.205. The molecule has 1 aromatic carbocycles. The summed E-state index contributed by atoms with van der Waals surface area (Å²) in [5.41, 5.74) is 2.18. The predicted molar refractivity (Wildman–Crippen MR) is 106 cm³/mol. The summed E-state index contributed by atoms with van der Waals surface area (Å²) in [5.74, 6) is 0.502. The van der Waals surface area contributed by atoms with Gasteiger partial charge in [-0.2, -0.15) is 0 Å². The Balaban J connectivity index is 2.25. The van der Waals surface area contributed by atoms with Crippen LogP contribution in [-0.2, 0) is 29.5 Å². The fraction of sp³-hybridized carbons (Fsp3) is 0.550. The Bertz CT molecular complexity index is 796. The van der Waals surface area contributed by atoms with Crippen LogP contribution in [0.1, 0.15) is 45.4 Å². The van der Waals surface area contributed by atoms with E-state index in [1.807, 2.05) is 29.8 Å². The molecular weight excluding hydrogens is 346 g/mol. The molecule has 1 heterocycles. The number of imidazole rings is 1. The molecular formula is C20H31N3O2S. The monoisotopic (exact) mass is 377 g/mol. The number of sulfone groups is 1. The molecule has 0 unspecified atom stereocenters. The molecule has 0 aliphatic heterocycles. The molecule has 2 rings (SSSR count). The number of nitrogens with zero attached hydrogens (tertiary/aromatic N) is 3. The number of rotatable bonds is 9. The summed E-state index contributed by atoms with van der Waals surface area (Å²) >= 11 is 0. The maximum Gasteiger partial charge on any atom is 0.228 e. The molecule has 0 spiro atoms. The van der Waals surface area contributed by atoms with Gasteiger partial charge in [-0.05, 0) is 38.8 Å². The average molecular weight is 378 g/mol. The molecule has 1 aromatic heterocycles. The molecule has 0 radical (unpaired) electrons. The smallest absolute Gasteiger partial charge is 0.228 e. The Morgan fingerprint density at radius 1 is 1.08 bits per heavy atom. The van der Waals surface area contributed by atoms with Crippen molar-refractivity contribution in [3.05, 3.63) is 47.8 Å². The lowest BCUT2D eigenvalue weighted by Crippen LogP contribution is -2.23. The van der Waals surface area contributed by atoms with Crippen molar-refractivity contribution in [2.45, 2.75) is 64.2 Å². The highest BCUT2D eigenvalue weighted by molar-refractivity contribution is 7.91. The highest BCUT2D eigenvalue weighted by Gasteiger charge is 2.26. The second-order valence-electron chi connectivity index (χ2n) is 7.62. The molecule has 144 valence electrons. The molecule has 0 amide bonds. The predicted octanol–water partition coefficient (Wildman–Crippen LogP) is 3.74. The lowest BCUT2D eigenvalue weighted by Gasteiger charge is -2.19. The van der Waals surface area contributed by atoms with Gasteiger partial charge in [-0.3, -0.25) is 4.90 Å². The molecule has 0 fully saturated rings. The second kappa shape index (κ2) is 8.82. The number of hydrogen-bond acceptors (Lipinski definition) is 4. The standard InChI is InChI=1S/C20H31N3O2S/c1-16(2)11-12-23-19(13-21-20(23)26(24,25)17(3)4)15-22(5)14-18-9-7-6-8-10-18/h6-10,13,16-17H,11-12,14-15H2,1-5H3. The quantitative estimate of drug-likeness (QED) is 0.668. The molecule has 6 heteroatoms. The summed E-state index contributed by atoms with van der Waals surface area (Å²) < 4.78 is 27.3. The Morgan fingerprint density at radius 2 is 1.73 bits per heavy atom. The summed E-state index contributed by atoms with van der Waals surface area (Å²) in [5, 5.41) is -0.270. The third kappa shape index (κ3) is 5.17. The van der Waals surface area contributed by atoms with Gasteiger partial charge >= 0.3 is 0 Å². The molecule has 0 saturated heterocycles. The maximum atomic E-state index is 12.7. The number of hydrogen-bond donors (Lipinski definition) is 0. The van der Waals surface area contributed by atoms with Gasteiger partial charge in [-0.15, -0.1) is 0 Å². The molecule has 26 heavy (non-hydrogen) atoms. The van der Waals surface area contributed by atoms with E-state index in [0.29, 0.717) is 19.0 Å². The van der Waals surface area contributed by atoms with Crippen molar-refractivity contribution in [3.63, 3.8) is 0 Å². The summed E-state index contributed by atoms with van der Waals surface area (Å²) in [6.07, 6.45) is 2.64. The van der Waals surface area contributed by atoms with Crippen LogP contribution in [0.25, 0.3) is 0 Å². The van der Waals surface area contributed by atoms with Gasteiger partial charge in [0.25, 0.3) is 0 Å². The van der Waals surface area contributed by atoms with Gasteiger partial charge in [0, 0.05) is 19.6 Å². The van der Waals surface area contributed by atoms with Crippen molar-refractivity contribution in [1.29, 1.82) is 0 Å². The minimum Gasteiger partial charge on any atom is -0.318 e. The van der Waals surface area contributed by atoms with Crippen molar-refractivity contribution in [1.82, 2.24) is 14.5 Å². The van der Waals surface area contributed by atoms with E-state index in [1.165, 1.54) is 5.56 Å². The summed E-state index contributed by atoms with van der Waals surface area (Å²) in [7, 11) is -1.35. The first-order chi connectivity index (χ1) is 12.2. The zero-order valence-corrected chi connectivity index (χ0v) is 17.3. The molecule has 0 bridgehead atoms. The Kier molecular flexibility index (Phi) is 7.01. The van der Waals surface area contributed by atoms with E-state index in [2.05, 4.69) is 35.9 Å². The highest BCUT2D eigenvalue weighted by atomic mass is 32.2. The minimum atomic E-state index is -3.40. The third-order valence-electron chi connectivity index (χ3n) is 4.43. The van der Waals surface area contributed by atoms with Crippen molar-refractivity contribution in [2.75, 3.05) is 7.05 Å². The van der Waals surface area contributed by atoms with Crippen LogP contribution in [0.3, 0.4) is 0 Å². The van der Waals surface area contributed by atoms with Crippen LogP contribution in [0.5, 0.6) is 0 Å². The fourth-order valence-corrected chi connectivity index (χ4v) is 3.95. The molecule has 0 N–H and O–H groups in total. The van der Waals surface area contributed by atoms with Gasteiger partial charge in [-0.25, -0.2) is 13.4 Å². The fourth-order valence-electron chi connectivity index (χ4n) is 2.81. The molecule has 5 nitrogen and oxygen atoms in total. The van der Waals surface area contributed by atoms with Crippen LogP contribution in [-0.4, -0.2) is 35.2 Å². The van der Waals surface area contributed by atoms with Crippen LogP contribution >= 0.6 is 0 Å². The average Bonchev–Trinajstić information content (AvgIpc) is 2.96. The van der Waals surface area contributed by atoms with Crippen LogP contribution in [0.4, 0.5) is 0 Å². The zero-order valence-electron chi connectivity index (χ0n) is 16.5. The van der Waals surface area contributed by atoms with Gasteiger partial charge in [0.1, 0.15) is 0 Å². The second-order valence-corrected chi connectivity index (χ2v) is 10.0. The zero-order chi connectivity index (χ0) is 19.3. The largest absolute Gasteiger partial charge is 0.318 e. The van der Waals surface area contributed by atoms with Crippen LogP contribution < -0.4 is 0 Å². The lowest BCUT2D eigenvalue weighted by atomic mass is 10.1. The van der Waals surface area contributed by atoms with Crippen molar-refractivity contribution in [2.24, 2.45) is 5.92 Å². The lowest BCUT2D eigenvalue weighted by molar-refractivity contribution is 0.306. The van der Waals surface area contributed by atoms with Gasteiger partial charge < -0.3 is 4.57 Å². The summed E-state index contributed by atoms with van der Waals surface area (Å²) in [6.45, 7) is 9.85. The Hall–Kier alpha value is -1.66. The van der Waals surface area contributed by atoms with E-state index >= 15 is 0 Å². The maximum absolute atomic E-state index is 12.7. The van der Waals surface area contributed by atoms with Gasteiger partial charge in [0.2, 0.25) is 15.0 Å². The van der Waals surface area contributed by atoms with Crippen LogP contribution in [0.15, 0.2) is 41.7 Å². The number of aromatic nitrogens is 2. The molecule has 2 aromatic rings. The van der Waals surface area contributed by atoms with Gasteiger partial charge in [-0.1, -0.05) is 44.2 Å². The number of benzene rings is 1. The first kappa shape index (κ1) is 20.6. The van der Waals surface area contributed by atoms with E-state index in [-0.39, 0.29) is 5.16 Å². The van der Waals surface area contributed by atoms with E-state index in [0.717, 1.165) is 18.7 Å². The Labute approximate surface area is 158 Å². The third-order valence-corrected chi connectivity index (χ3v) is 6.51. The first-order valence-corrected chi connectivity index (χ1v) is 10.8. The van der Waals surface area contributed by atoms with Gasteiger partial charge in [0.05, 0.1) is 17.1 Å². The molecule has 0 saturated carbocycles. The van der Waals surface area contributed by atoms with E-state index in [9.17, 15) is 8.42 Å². The van der Waals surface area contributed by atoms with Crippen LogP contribution in [0, 0.1) is 5.92 Å². The first-order valence-electron chi connectivity index (χ1n) is 9.22. The van der Waals surface area contributed by atoms with E-state index in [1.54, 1.807) is 20.0 Å². The van der Waals surface area contributed by atoms with Crippen molar-refractivity contribution < 1.29 is 8.42 Å². The normalized spacial score (nSPS) is 12.5. The highest BCUT2D eigenvalue weighted by Crippen LogP contribution is 2.20. The van der Waals surface area contributed by atoms with Crippen molar-refractivity contribution >= 4 is 9.84 Å². The van der Waals surface area contributed by atoms with Crippen molar-refractivity contribution in [3.8, 4) is 0 Å². The Morgan fingerprint density at radius 3 is 2.31 bits per heavy atom.